The number of hydrogen-bond donors (Lipinski definition) is 1. The molecule has 1 aliphatic rings. The van der Waals surface area contributed by atoms with Crippen LogP contribution in [0.1, 0.15) is 22.7 Å². The van der Waals surface area contributed by atoms with Crippen molar-refractivity contribution in [3.05, 3.63) is 59.2 Å². The van der Waals surface area contributed by atoms with Crippen molar-refractivity contribution in [2.45, 2.75) is 24.3 Å². The van der Waals surface area contributed by atoms with Crippen LogP contribution in [0.4, 0.5) is 0 Å². The van der Waals surface area contributed by atoms with Crippen molar-refractivity contribution < 1.29 is 4.74 Å². The molecule has 1 aliphatic heterocycles. The molecule has 0 saturated heterocycles. The summed E-state index contributed by atoms with van der Waals surface area (Å²) in [6.07, 6.45) is 1.00. The lowest BCUT2D eigenvalue weighted by atomic mass is 10.0. The van der Waals surface area contributed by atoms with Crippen LogP contribution in [0, 0.1) is 6.92 Å². The fourth-order valence-corrected chi connectivity index (χ4v) is 3.43. The van der Waals surface area contributed by atoms with Gasteiger partial charge in [0.05, 0.1) is 6.61 Å². The lowest BCUT2D eigenvalue weighted by Crippen LogP contribution is -2.13. The Balaban J connectivity index is 1.66. The van der Waals surface area contributed by atoms with E-state index in [0.29, 0.717) is 0 Å². The van der Waals surface area contributed by atoms with Crippen molar-refractivity contribution in [1.82, 2.24) is 0 Å². The van der Waals surface area contributed by atoms with Crippen LogP contribution in [0.3, 0.4) is 0 Å². The smallest absolute Gasteiger partial charge is 0.122 e. The van der Waals surface area contributed by atoms with Gasteiger partial charge >= 0.3 is 0 Å². The molecule has 1 heterocycles. The van der Waals surface area contributed by atoms with Gasteiger partial charge < -0.3 is 10.5 Å². The molecule has 0 radical (unpaired) electrons. The van der Waals surface area contributed by atoms with Crippen LogP contribution in [0.2, 0.25) is 0 Å². The molecule has 20 heavy (non-hydrogen) atoms. The molecule has 2 N–H and O–H groups in total. The molecule has 0 bridgehead atoms. The number of hydrogen-bond acceptors (Lipinski definition) is 3. The molecule has 1 atom stereocenters. The van der Waals surface area contributed by atoms with Crippen LogP contribution in [0.5, 0.6) is 5.75 Å². The van der Waals surface area contributed by atoms with Crippen LogP contribution in [-0.2, 0) is 6.42 Å². The third kappa shape index (κ3) is 3.00. The number of ether oxygens (including phenoxy) is 1. The molecule has 2 aromatic carbocycles. The van der Waals surface area contributed by atoms with E-state index in [2.05, 4.69) is 49.4 Å². The Morgan fingerprint density at radius 3 is 3.00 bits per heavy atom. The summed E-state index contributed by atoms with van der Waals surface area (Å²) < 4.78 is 5.53. The highest BCUT2D eigenvalue weighted by Gasteiger charge is 2.15. The third-order valence-electron chi connectivity index (χ3n) is 3.56. The fourth-order valence-electron chi connectivity index (χ4n) is 2.42. The number of thioether (sulfide) groups is 1. The van der Waals surface area contributed by atoms with E-state index in [1.165, 1.54) is 21.6 Å². The predicted octanol–water partition coefficient (Wildman–Crippen LogP) is 3.72. The van der Waals surface area contributed by atoms with Crippen molar-refractivity contribution >= 4 is 11.8 Å². The normalized spacial score (nSPS) is 14.7. The molecule has 3 rings (SSSR count). The fraction of sp³-hybridized carbons (Fsp3) is 0.294. The SMILES string of the molecule is Cc1cccc(SCC(N)c2ccc3c(c2)CCO3)c1. The summed E-state index contributed by atoms with van der Waals surface area (Å²) in [5.41, 5.74) is 10.1. The van der Waals surface area contributed by atoms with Crippen LogP contribution < -0.4 is 10.5 Å². The number of benzene rings is 2. The molecule has 0 amide bonds. The largest absolute Gasteiger partial charge is 0.493 e. The summed E-state index contributed by atoms with van der Waals surface area (Å²) in [5.74, 6) is 1.91. The van der Waals surface area contributed by atoms with Crippen LogP contribution in [0.15, 0.2) is 47.4 Å². The second kappa shape index (κ2) is 5.90. The van der Waals surface area contributed by atoms with Crippen LogP contribution in [0.25, 0.3) is 0 Å². The summed E-state index contributed by atoms with van der Waals surface area (Å²) in [5, 5.41) is 0. The van der Waals surface area contributed by atoms with Gasteiger partial charge in [-0.25, -0.2) is 0 Å². The Labute approximate surface area is 124 Å². The summed E-state index contributed by atoms with van der Waals surface area (Å²) in [7, 11) is 0. The van der Waals surface area contributed by atoms with Gasteiger partial charge in [-0.2, -0.15) is 0 Å². The molecule has 0 spiro atoms. The van der Waals surface area contributed by atoms with Gasteiger partial charge in [0, 0.05) is 23.1 Å². The van der Waals surface area contributed by atoms with E-state index in [1.54, 1.807) is 0 Å². The van der Waals surface area contributed by atoms with E-state index in [1.807, 2.05) is 11.8 Å². The highest BCUT2D eigenvalue weighted by atomic mass is 32.2. The van der Waals surface area contributed by atoms with E-state index >= 15 is 0 Å². The van der Waals surface area contributed by atoms with E-state index in [-0.39, 0.29) is 6.04 Å². The van der Waals surface area contributed by atoms with Crippen molar-refractivity contribution in [3.8, 4) is 5.75 Å². The summed E-state index contributed by atoms with van der Waals surface area (Å²) >= 11 is 1.81. The average Bonchev–Trinajstić information content (AvgIpc) is 2.92. The van der Waals surface area contributed by atoms with Gasteiger partial charge in [-0.05, 0) is 36.2 Å². The minimum Gasteiger partial charge on any atom is -0.493 e. The van der Waals surface area contributed by atoms with E-state index < -0.39 is 0 Å². The van der Waals surface area contributed by atoms with Gasteiger partial charge in [0.25, 0.3) is 0 Å². The van der Waals surface area contributed by atoms with Gasteiger partial charge in [0.1, 0.15) is 5.75 Å². The van der Waals surface area contributed by atoms with Crippen molar-refractivity contribution in [2.75, 3.05) is 12.4 Å². The van der Waals surface area contributed by atoms with E-state index in [0.717, 1.165) is 24.5 Å². The molecule has 104 valence electrons. The van der Waals surface area contributed by atoms with Gasteiger partial charge in [-0.3, -0.25) is 0 Å². The average molecular weight is 285 g/mol. The lowest BCUT2D eigenvalue weighted by molar-refractivity contribution is 0.357. The van der Waals surface area contributed by atoms with Gasteiger partial charge in [0.2, 0.25) is 0 Å². The highest BCUT2D eigenvalue weighted by molar-refractivity contribution is 7.99. The molecular weight excluding hydrogens is 266 g/mol. The Hall–Kier alpha value is -1.45. The quantitative estimate of drug-likeness (QED) is 0.870. The van der Waals surface area contributed by atoms with Crippen molar-refractivity contribution in [2.24, 2.45) is 5.73 Å². The zero-order valence-electron chi connectivity index (χ0n) is 11.6. The summed E-state index contributed by atoms with van der Waals surface area (Å²) in [6.45, 7) is 2.91. The van der Waals surface area contributed by atoms with Gasteiger partial charge in [0.15, 0.2) is 0 Å². The van der Waals surface area contributed by atoms with E-state index in [9.17, 15) is 0 Å². The number of fused-ring (bicyclic) bond motifs is 1. The molecule has 1 unspecified atom stereocenters. The zero-order valence-corrected chi connectivity index (χ0v) is 12.5. The maximum atomic E-state index is 6.31. The Morgan fingerprint density at radius 2 is 2.15 bits per heavy atom. The maximum Gasteiger partial charge on any atom is 0.122 e. The number of rotatable bonds is 4. The topological polar surface area (TPSA) is 35.2 Å². The zero-order chi connectivity index (χ0) is 13.9. The van der Waals surface area contributed by atoms with Crippen LogP contribution >= 0.6 is 11.8 Å². The van der Waals surface area contributed by atoms with Gasteiger partial charge in [-0.15, -0.1) is 11.8 Å². The number of nitrogens with two attached hydrogens (primary N) is 1. The molecule has 0 aromatic heterocycles. The van der Waals surface area contributed by atoms with Crippen molar-refractivity contribution in [3.63, 3.8) is 0 Å². The van der Waals surface area contributed by atoms with Gasteiger partial charge in [-0.1, -0.05) is 29.8 Å². The summed E-state index contributed by atoms with van der Waals surface area (Å²) in [6, 6.07) is 14.9. The minimum atomic E-state index is 0.0615. The highest BCUT2D eigenvalue weighted by Crippen LogP contribution is 2.30. The Kier molecular flexibility index (Phi) is 3.99. The summed E-state index contributed by atoms with van der Waals surface area (Å²) in [4.78, 5) is 1.28. The Bertz CT molecular complexity index is 612. The standard InChI is InChI=1S/C17H19NOS/c1-12-3-2-4-15(9-12)20-11-16(18)13-5-6-17-14(10-13)7-8-19-17/h2-6,9-10,16H,7-8,11,18H2,1H3. The molecule has 3 heteroatoms. The van der Waals surface area contributed by atoms with Crippen LogP contribution in [-0.4, -0.2) is 12.4 Å². The molecule has 2 nitrogen and oxygen atoms in total. The lowest BCUT2D eigenvalue weighted by Gasteiger charge is -2.13. The molecular formula is C17H19NOS. The predicted molar refractivity (Wildman–Crippen MR) is 84.5 cm³/mol. The van der Waals surface area contributed by atoms with Crippen molar-refractivity contribution in [1.29, 1.82) is 0 Å². The Morgan fingerprint density at radius 1 is 1.25 bits per heavy atom. The minimum absolute atomic E-state index is 0.0615. The monoisotopic (exact) mass is 285 g/mol. The number of aryl methyl sites for hydroxylation is 1. The molecule has 0 fully saturated rings. The second-order valence-electron chi connectivity index (χ2n) is 5.20. The third-order valence-corrected chi connectivity index (χ3v) is 4.67. The molecule has 0 aliphatic carbocycles. The first kappa shape index (κ1) is 13.5. The second-order valence-corrected chi connectivity index (χ2v) is 6.29. The first-order valence-electron chi connectivity index (χ1n) is 6.93. The molecule has 2 aromatic rings. The maximum absolute atomic E-state index is 6.31. The molecule has 0 saturated carbocycles. The first-order chi connectivity index (χ1) is 9.72. The first-order valence-corrected chi connectivity index (χ1v) is 7.91. The van der Waals surface area contributed by atoms with E-state index in [4.69, 9.17) is 10.5 Å².